The zero-order chi connectivity index (χ0) is 19.4. The van der Waals surface area contributed by atoms with Gasteiger partial charge >= 0.3 is 0 Å². The topological polar surface area (TPSA) is 71.9 Å². The van der Waals surface area contributed by atoms with E-state index in [-0.39, 0.29) is 18.5 Å². The molecule has 1 amide bonds. The van der Waals surface area contributed by atoms with Gasteiger partial charge in [0, 0.05) is 10.0 Å². The number of H-pyrrole nitrogens is 1. The van der Waals surface area contributed by atoms with Crippen LogP contribution in [-0.4, -0.2) is 27.8 Å². The number of aromatic amines is 1. The summed E-state index contributed by atoms with van der Waals surface area (Å²) in [5.41, 5.74) is 1.86. The number of methoxy groups -OCH3 is 1. The summed E-state index contributed by atoms with van der Waals surface area (Å²) in [5, 5.41) is 10.0. The van der Waals surface area contributed by atoms with Crippen molar-refractivity contribution in [2.45, 2.75) is 19.5 Å². The maximum atomic E-state index is 12.6. The van der Waals surface area contributed by atoms with Crippen molar-refractivity contribution < 1.29 is 9.53 Å². The molecule has 3 aromatic rings. The van der Waals surface area contributed by atoms with Crippen LogP contribution in [0.3, 0.4) is 0 Å². The van der Waals surface area contributed by atoms with Crippen molar-refractivity contribution in [2.75, 3.05) is 7.11 Å². The molecule has 0 fully saturated rings. The summed E-state index contributed by atoms with van der Waals surface area (Å²) < 4.78 is 8.22. The maximum Gasteiger partial charge on any atom is 0.240 e. The van der Waals surface area contributed by atoms with Crippen LogP contribution in [0.15, 0.2) is 53.0 Å². The van der Waals surface area contributed by atoms with Crippen LogP contribution >= 0.6 is 28.1 Å². The molecule has 1 unspecified atom stereocenters. The zero-order valence-electron chi connectivity index (χ0n) is 14.9. The fourth-order valence-corrected chi connectivity index (χ4v) is 3.33. The lowest BCUT2D eigenvalue weighted by Gasteiger charge is -2.15. The smallest absolute Gasteiger partial charge is 0.240 e. The minimum Gasteiger partial charge on any atom is -0.497 e. The number of nitrogens with zero attached hydrogens (tertiary/aromatic N) is 2. The van der Waals surface area contributed by atoms with Gasteiger partial charge in [-0.15, -0.1) is 0 Å². The van der Waals surface area contributed by atoms with Crippen molar-refractivity contribution in [3.05, 3.63) is 63.3 Å². The van der Waals surface area contributed by atoms with Gasteiger partial charge in [-0.2, -0.15) is 5.10 Å². The summed E-state index contributed by atoms with van der Waals surface area (Å²) in [4.78, 5) is 12.6. The van der Waals surface area contributed by atoms with Gasteiger partial charge in [0.2, 0.25) is 5.91 Å². The number of nitrogens with one attached hydrogen (secondary N) is 2. The van der Waals surface area contributed by atoms with E-state index in [1.54, 1.807) is 11.7 Å². The summed E-state index contributed by atoms with van der Waals surface area (Å²) >= 11 is 8.75. The molecule has 2 aromatic carbocycles. The quantitative estimate of drug-likeness (QED) is 0.554. The molecule has 0 spiro atoms. The Morgan fingerprint density at radius 3 is 2.74 bits per heavy atom. The Kier molecular flexibility index (Phi) is 6.08. The van der Waals surface area contributed by atoms with Crippen LogP contribution in [0.2, 0.25) is 0 Å². The molecule has 0 aliphatic rings. The van der Waals surface area contributed by atoms with E-state index >= 15 is 0 Å². The van der Waals surface area contributed by atoms with Gasteiger partial charge in [-0.25, -0.2) is 0 Å². The predicted octanol–water partition coefficient (Wildman–Crippen LogP) is 4.26. The second-order valence-electron chi connectivity index (χ2n) is 6.01. The Bertz CT molecular complexity index is 997. The van der Waals surface area contributed by atoms with Crippen molar-refractivity contribution in [3.63, 3.8) is 0 Å². The molecule has 8 heteroatoms. The van der Waals surface area contributed by atoms with Gasteiger partial charge in [-0.1, -0.05) is 28.1 Å². The van der Waals surface area contributed by atoms with Gasteiger partial charge in [0.1, 0.15) is 12.3 Å². The fourth-order valence-electron chi connectivity index (χ4n) is 2.71. The standard InChI is InChI=1S/C19H19BrN4O2S/c1-12(14-4-3-5-15(20)10-14)21-17(25)11-24-18(22-23-19(24)27)13-6-8-16(26-2)9-7-13/h3-10,12H,11H2,1-2H3,(H,21,25)(H,23,27). The first-order valence-electron chi connectivity index (χ1n) is 8.32. The Morgan fingerprint density at radius 2 is 2.07 bits per heavy atom. The molecule has 0 aliphatic heterocycles. The second kappa shape index (κ2) is 8.49. The van der Waals surface area contributed by atoms with Crippen LogP contribution in [-0.2, 0) is 11.3 Å². The van der Waals surface area contributed by atoms with Crippen LogP contribution in [0.1, 0.15) is 18.5 Å². The van der Waals surface area contributed by atoms with Crippen molar-refractivity contribution in [1.29, 1.82) is 0 Å². The lowest BCUT2D eigenvalue weighted by molar-refractivity contribution is -0.122. The third kappa shape index (κ3) is 4.64. The molecule has 1 aromatic heterocycles. The van der Waals surface area contributed by atoms with Crippen LogP contribution in [0, 0.1) is 4.77 Å². The maximum absolute atomic E-state index is 12.6. The lowest BCUT2D eigenvalue weighted by Crippen LogP contribution is -2.30. The molecular weight excluding hydrogens is 428 g/mol. The normalized spacial score (nSPS) is 11.8. The first kappa shape index (κ1) is 19.3. The van der Waals surface area contributed by atoms with E-state index in [0.717, 1.165) is 21.3 Å². The Labute approximate surface area is 170 Å². The summed E-state index contributed by atoms with van der Waals surface area (Å²) in [5.74, 6) is 1.21. The van der Waals surface area contributed by atoms with E-state index < -0.39 is 0 Å². The van der Waals surface area contributed by atoms with Gasteiger partial charge in [0.25, 0.3) is 0 Å². The first-order chi connectivity index (χ1) is 13.0. The van der Waals surface area contributed by atoms with Crippen LogP contribution in [0.4, 0.5) is 0 Å². The van der Waals surface area contributed by atoms with Crippen molar-refractivity contribution in [1.82, 2.24) is 20.1 Å². The molecule has 2 N–H and O–H groups in total. The number of benzene rings is 2. The molecule has 3 rings (SSSR count). The Hall–Kier alpha value is -2.45. The lowest BCUT2D eigenvalue weighted by atomic mass is 10.1. The van der Waals surface area contributed by atoms with Crippen LogP contribution in [0.25, 0.3) is 11.4 Å². The van der Waals surface area contributed by atoms with E-state index in [1.165, 1.54) is 0 Å². The van der Waals surface area contributed by atoms with E-state index in [9.17, 15) is 4.79 Å². The third-order valence-corrected chi connectivity index (χ3v) is 4.94. The number of ether oxygens (including phenoxy) is 1. The van der Waals surface area contributed by atoms with Gasteiger partial charge in [0.05, 0.1) is 13.2 Å². The van der Waals surface area contributed by atoms with Gasteiger partial charge in [-0.05, 0) is 61.1 Å². The summed E-state index contributed by atoms with van der Waals surface area (Å²) in [6, 6.07) is 15.2. The van der Waals surface area contributed by atoms with Gasteiger partial charge < -0.3 is 10.1 Å². The summed E-state index contributed by atoms with van der Waals surface area (Å²) in [6.45, 7) is 2.02. The summed E-state index contributed by atoms with van der Waals surface area (Å²) in [7, 11) is 1.61. The molecule has 0 saturated carbocycles. The number of rotatable bonds is 6. The number of carbonyl (C=O) groups excluding carboxylic acids is 1. The minimum atomic E-state index is -0.144. The van der Waals surface area contributed by atoms with E-state index in [0.29, 0.717) is 10.6 Å². The number of halogens is 1. The average molecular weight is 447 g/mol. The van der Waals surface area contributed by atoms with Crippen molar-refractivity contribution >= 4 is 34.1 Å². The highest BCUT2D eigenvalue weighted by atomic mass is 79.9. The van der Waals surface area contributed by atoms with E-state index in [2.05, 4.69) is 31.4 Å². The largest absolute Gasteiger partial charge is 0.497 e. The Morgan fingerprint density at radius 1 is 1.33 bits per heavy atom. The van der Waals surface area contributed by atoms with Gasteiger partial charge in [0.15, 0.2) is 10.6 Å². The zero-order valence-corrected chi connectivity index (χ0v) is 17.3. The van der Waals surface area contributed by atoms with Crippen LogP contribution < -0.4 is 10.1 Å². The molecule has 1 atom stereocenters. The second-order valence-corrected chi connectivity index (χ2v) is 7.31. The number of hydrogen-bond acceptors (Lipinski definition) is 4. The molecular formula is C19H19BrN4O2S. The molecule has 27 heavy (non-hydrogen) atoms. The number of amides is 1. The first-order valence-corrected chi connectivity index (χ1v) is 9.52. The predicted molar refractivity (Wildman–Crippen MR) is 110 cm³/mol. The highest BCUT2D eigenvalue weighted by molar-refractivity contribution is 9.10. The molecule has 6 nitrogen and oxygen atoms in total. The molecule has 0 aliphatic carbocycles. The number of carbonyl (C=O) groups is 1. The van der Waals surface area contributed by atoms with Crippen molar-refractivity contribution in [2.24, 2.45) is 0 Å². The van der Waals surface area contributed by atoms with Gasteiger partial charge in [-0.3, -0.25) is 14.5 Å². The average Bonchev–Trinajstić information content (AvgIpc) is 3.02. The Balaban J connectivity index is 1.76. The highest BCUT2D eigenvalue weighted by Crippen LogP contribution is 2.21. The summed E-state index contributed by atoms with van der Waals surface area (Å²) in [6.07, 6.45) is 0. The number of aromatic nitrogens is 3. The SMILES string of the molecule is COc1ccc(-c2n[nH]c(=S)n2CC(=O)NC(C)c2cccc(Br)c2)cc1. The fraction of sp³-hybridized carbons (Fsp3) is 0.211. The molecule has 0 saturated heterocycles. The van der Waals surface area contributed by atoms with Crippen LogP contribution in [0.5, 0.6) is 5.75 Å². The minimum absolute atomic E-state index is 0.0784. The van der Waals surface area contributed by atoms with E-state index in [4.69, 9.17) is 17.0 Å². The molecule has 140 valence electrons. The van der Waals surface area contributed by atoms with Crippen molar-refractivity contribution in [3.8, 4) is 17.1 Å². The molecule has 1 heterocycles. The third-order valence-electron chi connectivity index (χ3n) is 4.13. The number of hydrogen-bond donors (Lipinski definition) is 2. The van der Waals surface area contributed by atoms with E-state index in [1.807, 2.05) is 55.5 Å². The molecule has 0 radical (unpaired) electrons. The monoisotopic (exact) mass is 446 g/mol. The molecule has 0 bridgehead atoms. The highest BCUT2D eigenvalue weighted by Gasteiger charge is 2.15.